The molecule has 0 aliphatic rings. The lowest BCUT2D eigenvalue weighted by molar-refractivity contribution is 0.0928. The van der Waals surface area contributed by atoms with Crippen LogP contribution in [-0.2, 0) is 4.74 Å². The third-order valence-corrected chi connectivity index (χ3v) is 5.30. The summed E-state index contributed by atoms with van der Waals surface area (Å²) in [5, 5.41) is 7.57. The molecule has 2 N–H and O–H groups in total. The van der Waals surface area contributed by atoms with Gasteiger partial charge in [0.05, 0.1) is 5.02 Å². The van der Waals surface area contributed by atoms with Crippen LogP contribution in [0.2, 0.25) is 5.02 Å². The van der Waals surface area contributed by atoms with Crippen molar-refractivity contribution >= 4 is 50.5 Å². The highest BCUT2D eigenvalue weighted by atomic mass is 79.9. The second-order valence-corrected chi connectivity index (χ2v) is 7.52. The molecule has 24 heavy (non-hydrogen) atoms. The Labute approximate surface area is 165 Å². The molecule has 1 aromatic carbocycles. The second kappa shape index (κ2) is 12.9. The van der Waals surface area contributed by atoms with Crippen LogP contribution in [0.25, 0.3) is 0 Å². The fourth-order valence-electron chi connectivity index (χ4n) is 2.27. The minimum atomic E-state index is 0.600. The van der Waals surface area contributed by atoms with Crippen molar-refractivity contribution in [2.75, 3.05) is 25.1 Å². The summed E-state index contributed by atoms with van der Waals surface area (Å²) in [5.41, 5.74) is 0.874. The minimum Gasteiger partial charge on any atom is -0.381 e. The molecule has 0 spiro atoms. The molecule has 0 aliphatic heterocycles. The molecule has 1 rings (SSSR count). The average molecular weight is 436 g/mol. The van der Waals surface area contributed by atoms with Gasteiger partial charge in [0.15, 0.2) is 5.11 Å². The molecule has 1 aromatic rings. The summed E-state index contributed by atoms with van der Waals surface area (Å²) in [6.07, 6.45) is 5.96. The van der Waals surface area contributed by atoms with Crippen LogP contribution in [0.5, 0.6) is 0 Å². The van der Waals surface area contributed by atoms with E-state index in [9.17, 15) is 0 Å². The van der Waals surface area contributed by atoms with E-state index in [1.54, 1.807) is 0 Å². The van der Waals surface area contributed by atoms with Gasteiger partial charge in [-0.1, -0.05) is 44.7 Å². The number of halogens is 2. The molecule has 3 nitrogen and oxygen atoms in total. The summed E-state index contributed by atoms with van der Waals surface area (Å²) in [4.78, 5) is 0. The lowest BCUT2D eigenvalue weighted by atomic mass is 10.0. The first-order chi connectivity index (χ1) is 11.6. The van der Waals surface area contributed by atoms with Crippen LogP contribution in [0.15, 0.2) is 22.7 Å². The minimum absolute atomic E-state index is 0.600. The smallest absolute Gasteiger partial charge is 0.170 e. The molecule has 0 saturated heterocycles. The number of hydrogen-bond acceptors (Lipinski definition) is 2. The van der Waals surface area contributed by atoms with Gasteiger partial charge in [-0.25, -0.2) is 0 Å². The molecule has 0 heterocycles. The van der Waals surface area contributed by atoms with Crippen LogP contribution in [-0.4, -0.2) is 24.9 Å². The van der Waals surface area contributed by atoms with Crippen molar-refractivity contribution in [1.82, 2.24) is 5.32 Å². The Kier molecular flexibility index (Phi) is 11.7. The highest BCUT2D eigenvalue weighted by Gasteiger charge is 2.05. The topological polar surface area (TPSA) is 33.3 Å². The van der Waals surface area contributed by atoms with Crippen molar-refractivity contribution in [3.05, 3.63) is 27.7 Å². The first-order valence-electron chi connectivity index (χ1n) is 8.64. The highest BCUT2D eigenvalue weighted by Crippen LogP contribution is 2.25. The van der Waals surface area contributed by atoms with Gasteiger partial charge in [0, 0.05) is 29.9 Å². The Morgan fingerprint density at radius 1 is 1.33 bits per heavy atom. The third-order valence-electron chi connectivity index (χ3n) is 3.83. The molecule has 0 aliphatic carbocycles. The van der Waals surface area contributed by atoms with Gasteiger partial charge in [0.2, 0.25) is 0 Å². The van der Waals surface area contributed by atoms with Crippen LogP contribution in [0.4, 0.5) is 5.69 Å². The maximum Gasteiger partial charge on any atom is 0.170 e. The van der Waals surface area contributed by atoms with Gasteiger partial charge in [0.1, 0.15) is 0 Å². The number of thiocarbonyl (C=S) groups is 1. The summed E-state index contributed by atoms with van der Waals surface area (Å²) in [5.74, 6) is 0.697. The van der Waals surface area contributed by atoms with E-state index >= 15 is 0 Å². The van der Waals surface area contributed by atoms with E-state index in [0.717, 1.165) is 36.3 Å². The van der Waals surface area contributed by atoms with Crippen molar-refractivity contribution in [3.63, 3.8) is 0 Å². The number of rotatable bonds is 11. The molecule has 6 heteroatoms. The van der Waals surface area contributed by atoms with Crippen molar-refractivity contribution in [2.24, 2.45) is 5.92 Å². The standard InChI is InChI=1S/C18H28BrClN2OS/c1-3-5-7-14(4-2)13-23-11-6-10-21-18(24)22-15-8-9-16(19)17(20)12-15/h8-9,12,14H,3-7,10-11,13H2,1-2H3,(H2,21,22,24). The van der Waals surface area contributed by atoms with Gasteiger partial charge in [-0.05, 0) is 65.1 Å². The molecule has 0 fully saturated rings. The third kappa shape index (κ3) is 9.21. The molecular weight excluding hydrogens is 408 g/mol. The average Bonchev–Trinajstić information content (AvgIpc) is 2.57. The number of ether oxygens (including phenoxy) is 1. The molecule has 1 atom stereocenters. The number of nitrogens with one attached hydrogen (secondary N) is 2. The lowest BCUT2D eigenvalue weighted by Gasteiger charge is -2.15. The SMILES string of the molecule is CCCCC(CC)COCCCNC(=S)Nc1ccc(Br)c(Cl)c1. The van der Waals surface area contributed by atoms with E-state index in [-0.39, 0.29) is 0 Å². The normalized spacial score (nSPS) is 12.0. The summed E-state index contributed by atoms with van der Waals surface area (Å²) >= 11 is 14.7. The van der Waals surface area contributed by atoms with E-state index < -0.39 is 0 Å². The Morgan fingerprint density at radius 3 is 2.79 bits per heavy atom. The Morgan fingerprint density at radius 2 is 2.12 bits per heavy atom. The maximum atomic E-state index is 6.06. The van der Waals surface area contributed by atoms with Crippen molar-refractivity contribution in [1.29, 1.82) is 0 Å². The van der Waals surface area contributed by atoms with Gasteiger partial charge in [-0.15, -0.1) is 0 Å². The molecule has 136 valence electrons. The summed E-state index contributed by atoms with van der Waals surface area (Å²) in [6, 6.07) is 5.65. The van der Waals surface area contributed by atoms with E-state index in [0.29, 0.717) is 16.1 Å². The number of benzene rings is 1. The zero-order chi connectivity index (χ0) is 17.8. The van der Waals surface area contributed by atoms with Gasteiger partial charge >= 0.3 is 0 Å². The summed E-state index contributed by atoms with van der Waals surface area (Å²) in [6.45, 7) is 6.91. The zero-order valence-electron chi connectivity index (χ0n) is 14.5. The molecule has 1 unspecified atom stereocenters. The second-order valence-electron chi connectivity index (χ2n) is 5.85. The predicted molar refractivity (Wildman–Crippen MR) is 112 cm³/mol. The van der Waals surface area contributed by atoms with Gasteiger partial charge in [0.25, 0.3) is 0 Å². The number of hydrogen-bond donors (Lipinski definition) is 2. The largest absolute Gasteiger partial charge is 0.381 e. The quantitative estimate of drug-likeness (QED) is 0.329. The van der Waals surface area contributed by atoms with E-state index in [4.69, 9.17) is 28.6 Å². The van der Waals surface area contributed by atoms with Gasteiger partial charge < -0.3 is 15.4 Å². The van der Waals surface area contributed by atoms with Gasteiger partial charge in [-0.3, -0.25) is 0 Å². The van der Waals surface area contributed by atoms with E-state index in [1.807, 2.05) is 18.2 Å². The molecule has 0 radical (unpaired) electrons. The maximum absolute atomic E-state index is 6.06. The van der Waals surface area contributed by atoms with E-state index in [1.165, 1.54) is 25.7 Å². The Bertz CT molecular complexity index is 502. The predicted octanol–water partition coefficient (Wildman–Crippen LogP) is 6.01. The van der Waals surface area contributed by atoms with E-state index in [2.05, 4.69) is 40.4 Å². The Balaban J connectivity index is 2.12. The fraction of sp³-hybridized carbons (Fsp3) is 0.611. The molecule has 0 aromatic heterocycles. The number of anilines is 1. The fourth-order valence-corrected chi connectivity index (χ4v) is 2.92. The van der Waals surface area contributed by atoms with Crippen molar-refractivity contribution in [2.45, 2.75) is 46.0 Å². The zero-order valence-corrected chi connectivity index (χ0v) is 17.7. The number of unbranched alkanes of at least 4 members (excludes halogenated alkanes) is 1. The van der Waals surface area contributed by atoms with Gasteiger partial charge in [-0.2, -0.15) is 0 Å². The lowest BCUT2D eigenvalue weighted by Crippen LogP contribution is -2.29. The Hall–Kier alpha value is -0.360. The van der Waals surface area contributed by atoms with Crippen LogP contribution in [0, 0.1) is 5.92 Å². The van der Waals surface area contributed by atoms with Crippen LogP contribution in [0.3, 0.4) is 0 Å². The van der Waals surface area contributed by atoms with Crippen molar-refractivity contribution in [3.8, 4) is 0 Å². The molecule has 0 amide bonds. The van der Waals surface area contributed by atoms with Crippen LogP contribution >= 0.6 is 39.7 Å². The summed E-state index contributed by atoms with van der Waals surface area (Å²) < 4.78 is 6.66. The molecular formula is C18H28BrClN2OS. The van der Waals surface area contributed by atoms with Crippen LogP contribution < -0.4 is 10.6 Å². The first kappa shape index (κ1) is 21.7. The first-order valence-corrected chi connectivity index (χ1v) is 10.2. The van der Waals surface area contributed by atoms with Crippen molar-refractivity contribution < 1.29 is 4.74 Å². The van der Waals surface area contributed by atoms with Crippen LogP contribution in [0.1, 0.15) is 46.0 Å². The molecule has 0 bridgehead atoms. The highest BCUT2D eigenvalue weighted by molar-refractivity contribution is 9.10. The monoisotopic (exact) mass is 434 g/mol. The molecule has 0 saturated carbocycles. The summed E-state index contributed by atoms with van der Waals surface area (Å²) in [7, 11) is 0.